The van der Waals surface area contributed by atoms with Crippen LogP contribution < -0.4 is 0 Å². The number of fused-ring (bicyclic) bond motifs is 2. The quantitative estimate of drug-likeness (QED) is 0.434. The Bertz CT molecular complexity index is 1150. The van der Waals surface area contributed by atoms with E-state index in [0.717, 1.165) is 47.5 Å². The van der Waals surface area contributed by atoms with Crippen molar-refractivity contribution in [3.05, 3.63) is 65.1 Å². The molecule has 0 amide bonds. The molecule has 0 bridgehead atoms. The summed E-state index contributed by atoms with van der Waals surface area (Å²) < 4.78 is 8.93. The van der Waals surface area contributed by atoms with E-state index in [1.165, 1.54) is 10.3 Å². The zero-order valence-corrected chi connectivity index (χ0v) is 17.2. The molecule has 0 unspecified atom stereocenters. The average Bonchev–Trinajstić information content (AvgIpc) is 3.43. The molecule has 4 aromatic rings. The molecule has 1 aliphatic rings. The number of rotatable bonds is 5. The first kappa shape index (κ1) is 18.3. The lowest BCUT2D eigenvalue weighted by atomic mass is 9.83. The van der Waals surface area contributed by atoms with Gasteiger partial charge < -0.3 is 9.14 Å². The first-order chi connectivity index (χ1) is 14.1. The van der Waals surface area contributed by atoms with Crippen molar-refractivity contribution in [2.24, 2.45) is 5.41 Å². The van der Waals surface area contributed by atoms with Crippen LogP contribution in [-0.4, -0.2) is 20.3 Å². The van der Waals surface area contributed by atoms with E-state index in [9.17, 15) is 4.79 Å². The number of hydrogen-bond donors (Lipinski definition) is 0. The Hall–Kier alpha value is -2.73. The summed E-state index contributed by atoms with van der Waals surface area (Å²) in [5.74, 6) is -0.109. The molecule has 3 aromatic heterocycles. The minimum absolute atomic E-state index is 0.109. The summed E-state index contributed by atoms with van der Waals surface area (Å²) in [6.07, 6.45) is 8.48. The minimum atomic E-state index is -0.455. The lowest BCUT2D eigenvalue weighted by Crippen LogP contribution is -2.32. The normalized spacial score (nSPS) is 15.9. The SMILES string of the molecule is Cc1ccc2nc(COC(=O)C3(Cc4nc5ccccc5s4)CCCC3)cn2c1. The number of nitrogens with zero attached hydrogens (tertiary/aromatic N) is 3. The second kappa shape index (κ2) is 7.26. The summed E-state index contributed by atoms with van der Waals surface area (Å²) in [6, 6.07) is 12.2. The van der Waals surface area contributed by atoms with Gasteiger partial charge in [-0.05, 0) is 43.5 Å². The molecule has 5 rings (SSSR count). The number of ether oxygens (including phenoxy) is 1. The molecule has 0 N–H and O–H groups in total. The van der Waals surface area contributed by atoms with E-state index in [-0.39, 0.29) is 12.6 Å². The molecule has 0 atom stereocenters. The highest BCUT2D eigenvalue weighted by atomic mass is 32.1. The molecule has 3 heterocycles. The van der Waals surface area contributed by atoms with Crippen molar-refractivity contribution in [1.29, 1.82) is 0 Å². The maximum absolute atomic E-state index is 13.1. The van der Waals surface area contributed by atoms with Crippen molar-refractivity contribution >= 4 is 33.2 Å². The number of carbonyl (C=O) groups is 1. The molecule has 0 aliphatic heterocycles. The number of pyridine rings is 1. The van der Waals surface area contributed by atoms with Crippen molar-refractivity contribution < 1.29 is 9.53 Å². The van der Waals surface area contributed by atoms with Gasteiger partial charge in [-0.25, -0.2) is 9.97 Å². The summed E-state index contributed by atoms with van der Waals surface area (Å²) in [7, 11) is 0. The van der Waals surface area contributed by atoms with E-state index in [1.54, 1.807) is 11.3 Å². The van der Waals surface area contributed by atoms with E-state index in [4.69, 9.17) is 9.72 Å². The molecule has 1 saturated carbocycles. The van der Waals surface area contributed by atoms with Crippen molar-refractivity contribution in [2.45, 2.75) is 45.6 Å². The maximum atomic E-state index is 13.1. The van der Waals surface area contributed by atoms with Gasteiger partial charge >= 0.3 is 5.97 Å². The standard InChI is InChI=1S/C23H23N3O2S/c1-16-8-9-20-24-17(14-26(20)13-16)15-28-22(27)23(10-4-5-11-23)12-21-25-18-6-2-3-7-19(18)29-21/h2-3,6-9,13-14H,4-5,10-12,15H2,1H3. The summed E-state index contributed by atoms with van der Waals surface area (Å²) in [5, 5.41) is 1.02. The van der Waals surface area contributed by atoms with Gasteiger partial charge in [0.2, 0.25) is 0 Å². The summed E-state index contributed by atoms with van der Waals surface area (Å²) >= 11 is 1.68. The number of para-hydroxylation sites is 1. The number of carbonyl (C=O) groups excluding carboxylic acids is 1. The molecule has 5 nitrogen and oxygen atoms in total. The van der Waals surface area contributed by atoms with E-state index < -0.39 is 5.41 Å². The van der Waals surface area contributed by atoms with Crippen LogP contribution in [0, 0.1) is 12.3 Å². The van der Waals surface area contributed by atoms with Crippen LogP contribution >= 0.6 is 11.3 Å². The number of benzene rings is 1. The van der Waals surface area contributed by atoms with Crippen LogP contribution in [0.4, 0.5) is 0 Å². The fraction of sp³-hybridized carbons (Fsp3) is 0.348. The van der Waals surface area contributed by atoms with Gasteiger partial charge in [-0.3, -0.25) is 4.79 Å². The average molecular weight is 406 g/mol. The zero-order valence-electron chi connectivity index (χ0n) is 16.4. The van der Waals surface area contributed by atoms with Crippen LogP contribution in [-0.2, 0) is 22.6 Å². The molecule has 1 aromatic carbocycles. The molecule has 6 heteroatoms. The summed E-state index contributed by atoms with van der Waals surface area (Å²) in [4.78, 5) is 22.5. The highest BCUT2D eigenvalue weighted by Crippen LogP contribution is 2.43. The van der Waals surface area contributed by atoms with Gasteiger partial charge in [0.15, 0.2) is 0 Å². The molecule has 1 aliphatic carbocycles. The van der Waals surface area contributed by atoms with Crippen LogP contribution in [0.15, 0.2) is 48.8 Å². The molecule has 0 radical (unpaired) electrons. The second-order valence-corrected chi connectivity index (χ2v) is 9.14. The zero-order chi connectivity index (χ0) is 19.8. The first-order valence-electron chi connectivity index (χ1n) is 10.1. The Morgan fingerprint density at radius 3 is 2.79 bits per heavy atom. The van der Waals surface area contributed by atoms with Gasteiger partial charge in [0.25, 0.3) is 0 Å². The van der Waals surface area contributed by atoms with Crippen molar-refractivity contribution in [3.8, 4) is 0 Å². The highest BCUT2D eigenvalue weighted by molar-refractivity contribution is 7.18. The largest absolute Gasteiger partial charge is 0.459 e. The lowest BCUT2D eigenvalue weighted by molar-refractivity contribution is -0.157. The van der Waals surface area contributed by atoms with E-state index in [1.807, 2.05) is 54.0 Å². The van der Waals surface area contributed by atoms with Crippen LogP contribution in [0.2, 0.25) is 0 Å². The van der Waals surface area contributed by atoms with Gasteiger partial charge in [-0.15, -0.1) is 11.3 Å². The fourth-order valence-corrected chi connectivity index (χ4v) is 5.42. The first-order valence-corrected chi connectivity index (χ1v) is 10.9. The molecule has 148 valence electrons. The fourth-order valence-electron chi connectivity index (χ4n) is 4.31. The van der Waals surface area contributed by atoms with E-state index >= 15 is 0 Å². The van der Waals surface area contributed by atoms with Crippen LogP contribution in [0.3, 0.4) is 0 Å². The van der Waals surface area contributed by atoms with Gasteiger partial charge in [-0.1, -0.05) is 31.0 Å². The van der Waals surface area contributed by atoms with Crippen LogP contribution in [0.1, 0.15) is 41.9 Å². The molecule has 0 spiro atoms. The number of imidazole rings is 1. The predicted octanol–water partition coefficient (Wildman–Crippen LogP) is 5.10. The lowest BCUT2D eigenvalue weighted by Gasteiger charge is -2.25. The predicted molar refractivity (Wildman–Crippen MR) is 114 cm³/mol. The molecular weight excluding hydrogens is 382 g/mol. The third-order valence-corrected chi connectivity index (χ3v) is 6.86. The van der Waals surface area contributed by atoms with Gasteiger partial charge in [0, 0.05) is 18.8 Å². The molecule has 0 saturated heterocycles. The smallest absolute Gasteiger partial charge is 0.312 e. The minimum Gasteiger partial charge on any atom is -0.459 e. The summed E-state index contributed by atoms with van der Waals surface area (Å²) in [6.45, 7) is 2.26. The van der Waals surface area contributed by atoms with E-state index in [0.29, 0.717) is 6.42 Å². The van der Waals surface area contributed by atoms with Crippen LogP contribution in [0.25, 0.3) is 15.9 Å². The Morgan fingerprint density at radius 2 is 1.97 bits per heavy atom. The number of thiazole rings is 1. The molecule has 29 heavy (non-hydrogen) atoms. The third kappa shape index (κ3) is 3.53. The van der Waals surface area contributed by atoms with Crippen molar-refractivity contribution in [3.63, 3.8) is 0 Å². The van der Waals surface area contributed by atoms with Crippen molar-refractivity contribution in [1.82, 2.24) is 14.4 Å². The topological polar surface area (TPSA) is 56.5 Å². The third-order valence-electron chi connectivity index (χ3n) is 5.82. The number of aromatic nitrogens is 3. The second-order valence-electron chi connectivity index (χ2n) is 8.02. The number of hydrogen-bond acceptors (Lipinski definition) is 5. The summed E-state index contributed by atoms with van der Waals surface area (Å²) in [5.41, 5.74) is 3.36. The van der Waals surface area contributed by atoms with Gasteiger partial charge in [-0.2, -0.15) is 0 Å². The maximum Gasteiger partial charge on any atom is 0.312 e. The Morgan fingerprint density at radius 1 is 1.14 bits per heavy atom. The van der Waals surface area contributed by atoms with Gasteiger partial charge in [0.1, 0.15) is 12.3 Å². The van der Waals surface area contributed by atoms with E-state index in [2.05, 4.69) is 11.1 Å². The Labute approximate surface area is 173 Å². The monoisotopic (exact) mass is 405 g/mol. The molecule has 1 fully saturated rings. The van der Waals surface area contributed by atoms with Crippen LogP contribution in [0.5, 0.6) is 0 Å². The number of aryl methyl sites for hydroxylation is 1. The Kier molecular flexibility index (Phi) is 4.59. The number of esters is 1. The van der Waals surface area contributed by atoms with Crippen molar-refractivity contribution in [2.75, 3.05) is 0 Å². The van der Waals surface area contributed by atoms with Gasteiger partial charge in [0.05, 0.1) is 26.3 Å². The Balaban J connectivity index is 1.33. The molecular formula is C23H23N3O2S. The highest BCUT2D eigenvalue weighted by Gasteiger charge is 2.43.